The van der Waals surface area contributed by atoms with Crippen LogP contribution >= 0.6 is 0 Å². The molecule has 12 heavy (non-hydrogen) atoms. The second-order valence-corrected chi connectivity index (χ2v) is 2.97. The summed E-state index contributed by atoms with van der Waals surface area (Å²) in [5.41, 5.74) is 7.62. The molecule has 1 aromatic rings. The molecule has 3 nitrogen and oxygen atoms in total. The van der Waals surface area contributed by atoms with E-state index in [0.717, 1.165) is 24.1 Å². The summed E-state index contributed by atoms with van der Waals surface area (Å²) in [5.74, 6) is 0. The number of H-pyrrole nitrogens is 1. The second-order valence-electron chi connectivity index (χ2n) is 2.97. The van der Waals surface area contributed by atoms with Crippen LogP contribution in [0.15, 0.2) is 10.9 Å². The molecule has 0 fully saturated rings. The van der Waals surface area contributed by atoms with Crippen LogP contribution in [0.3, 0.4) is 0 Å². The minimum Gasteiger partial charge on any atom is -0.394 e. The van der Waals surface area contributed by atoms with Gasteiger partial charge in [0.05, 0.1) is 0 Å². The molecular weight excluding hydrogens is 152 g/mol. The first-order chi connectivity index (χ1) is 5.65. The van der Waals surface area contributed by atoms with Crippen molar-refractivity contribution in [1.29, 1.82) is 0 Å². The van der Waals surface area contributed by atoms with Crippen molar-refractivity contribution in [3.8, 4) is 0 Å². The summed E-state index contributed by atoms with van der Waals surface area (Å²) in [6.45, 7) is 3.93. The van der Waals surface area contributed by atoms with E-state index in [4.69, 9.17) is 5.73 Å². The van der Waals surface area contributed by atoms with Crippen LogP contribution in [0.4, 0.5) is 5.69 Å². The van der Waals surface area contributed by atoms with Gasteiger partial charge in [-0.2, -0.15) is 0 Å². The molecule has 0 spiro atoms. The van der Waals surface area contributed by atoms with Crippen molar-refractivity contribution in [2.24, 2.45) is 0 Å². The van der Waals surface area contributed by atoms with Crippen molar-refractivity contribution in [3.05, 3.63) is 27.7 Å². The lowest BCUT2D eigenvalue weighted by molar-refractivity contribution is 0.913. The van der Waals surface area contributed by atoms with Gasteiger partial charge in [0.15, 0.2) is 0 Å². The molecule has 0 saturated heterocycles. The summed E-state index contributed by atoms with van der Waals surface area (Å²) < 4.78 is 0. The Kier molecular flexibility index (Phi) is 2.53. The van der Waals surface area contributed by atoms with E-state index < -0.39 is 0 Å². The van der Waals surface area contributed by atoms with Crippen molar-refractivity contribution in [1.82, 2.24) is 4.98 Å². The van der Waals surface area contributed by atoms with Gasteiger partial charge in [0, 0.05) is 5.69 Å². The van der Waals surface area contributed by atoms with Crippen molar-refractivity contribution in [2.75, 3.05) is 5.73 Å². The Bertz CT molecular complexity index is 328. The molecule has 0 aliphatic rings. The Balaban J connectivity index is 3.18. The average Bonchev–Trinajstić information content (AvgIpc) is 2.00. The van der Waals surface area contributed by atoms with Crippen LogP contribution in [0.5, 0.6) is 0 Å². The van der Waals surface area contributed by atoms with Crippen LogP contribution in [0.2, 0.25) is 0 Å². The first-order valence-corrected chi connectivity index (χ1v) is 4.13. The normalized spacial score (nSPS) is 10.2. The average molecular weight is 166 g/mol. The highest BCUT2D eigenvalue weighted by Gasteiger charge is 2.02. The Hall–Kier alpha value is -1.25. The molecule has 0 radical (unpaired) electrons. The quantitative estimate of drug-likeness (QED) is 0.694. The van der Waals surface area contributed by atoms with Gasteiger partial charge in [-0.1, -0.05) is 13.3 Å². The number of pyridine rings is 1. The molecule has 1 heterocycles. The van der Waals surface area contributed by atoms with Gasteiger partial charge in [0.1, 0.15) is 5.69 Å². The second kappa shape index (κ2) is 3.43. The molecule has 0 saturated carbocycles. The number of hydrogen-bond acceptors (Lipinski definition) is 2. The fourth-order valence-corrected chi connectivity index (χ4v) is 1.24. The fourth-order valence-electron chi connectivity index (χ4n) is 1.24. The topological polar surface area (TPSA) is 58.9 Å². The lowest BCUT2D eigenvalue weighted by Gasteiger charge is -2.03. The number of rotatable bonds is 2. The van der Waals surface area contributed by atoms with Crippen LogP contribution in [0.1, 0.15) is 24.6 Å². The molecule has 0 aliphatic carbocycles. The third-order valence-corrected chi connectivity index (χ3v) is 1.81. The van der Waals surface area contributed by atoms with Gasteiger partial charge in [-0.3, -0.25) is 4.79 Å². The van der Waals surface area contributed by atoms with Crippen molar-refractivity contribution < 1.29 is 0 Å². The van der Waals surface area contributed by atoms with Gasteiger partial charge < -0.3 is 10.7 Å². The number of nitrogens with two attached hydrogens (primary N) is 1. The van der Waals surface area contributed by atoms with Crippen LogP contribution in [0, 0.1) is 6.92 Å². The van der Waals surface area contributed by atoms with Crippen molar-refractivity contribution in [2.45, 2.75) is 26.7 Å². The summed E-state index contributed by atoms with van der Waals surface area (Å²) in [6, 6.07) is 1.93. The maximum absolute atomic E-state index is 11.2. The fraction of sp³-hybridized carbons (Fsp3) is 0.444. The highest BCUT2D eigenvalue weighted by molar-refractivity contribution is 5.45. The molecule has 3 heteroatoms. The molecule has 1 rings (SSSR count). The van der Waals surface area contributed by atoms with E-state index in [2.05, 4.69) is 11.9 Å². The van der Waals surface area contributed by atoms with Crippen LogP contribution < -0.4 is 11.3 Å². The monoisotopic (exact) mass is 166 g/mol. The Morgan fingerprint density at radius 1 is 1.58 bits per heavy atom. The summed E-state index contributed by atoms with van der Waals surface area (Å²) in [6.07, 6.45) is 1.88. The van der Waals surface area contributed by atoms with Gasteiger partial charge in [0.2, 0.25) is 0 Å². The van der Waals surface area contributed by atoms with E-state index in [1.54, 1.807) is 0 Å². The molecule has 1 aromatic heterocycles. The number of hydrogen-bond donors (Lipinski definition) is 2. The molecular formula is C9H14N2O. The number of nitrogens with one attached hydrogen (secondary N) is 1. The van der Waals surface area contributed by atoms with Crippen LogP contribution in [-0.4, -0.2) is 4.98 Å². The lowest BCUT2D eigenvalue weighted by atomic mass is 10.1. The zero-order chi connectivity index (χ0) is 9.14. The van der Waals surface area contributed by atoms with E-state index in [1.807, 2.05) is 13.0 Å². The third-order valence-electron chi connectivity index (χ3n) is 1.81. The molecule has 0 atom stereocenters. The van der Waals surface area contributed by atoms with E-state index in [0.29, 0.717) is 5.69 Å². The summed E-state index contributed by atoms with van der Waals surface area (Å²) >= 11 is 0. The molecule has 3 N–H and O–H groups in total. The van der Waals surface area contributed by atoms with Crippen LogP contribution in [0.25, 0.3) is 0 Å². The molecule has 0 unspecified atom stereocenters. The van der Waals surface area contributed by atoms with Crippen molar-refractivity contribution >= 4 is 5.69 Å². The predicted octanol–water partition coefficient (Wildman–Crippen LogP) is 1.22. The summed E-state index contributed by atoms with van der Waals surface area (Å²) in [7, 11) is 0. The van der Waals surface area contributed by atoms with Gasteiger partial charge >= 0.3 is 0 Å². The number of anilines is 1. The lowest BCUT2D eigenvalue weighted by Crippen LogP contribution is -2.15. The van der Waals surface area contributed by atoms with Gasteiger partial charge in [-0.15, -0.1) is 0 Å². The van der Waals surface area contributed by atoms with Crippen LogP contribution in [-0.2, 0) is 6.42 Å². The first kappa shape index (κ1) is 8.84. The highest BCUT2D eigenvalue weighted by Crippen LogP contribution is 2.08. The number of aromatic nitrogens is 1. The standard InChI is InChI=1S/C9H14N2O/c1-3-4-7-5-6(2)11-9(12)8(7)10/h5H,3-4,10H2,1-2H3,(H,11,12). The number of aryl methyl sites for hydroxylation is 2. The Morgan fingerprint density at radius 3 is 2.83 bits per heavy atom. The number of aromatic amines is 1. The smallest absolute Gasteiger partial charge is 0.271 e. The molecule has 0 bridgehead atoms. The molecule has 0 amide bonds. The van der Waals surface area contributed by atoms with E-state index in [9.17, 15) is 4.79 Å². The van der Waals surface area contributed by atoms with Gasteiger partial charge in [-0.05, 0) is 25.0 Å². The molecule has 66 valence electrons. The Labute approximate surface area is 71.6 Å². The maximum Gasteiger partial charge on any atom is 0.271 e. The largest absolute Gasteiger partial charge is 0.394 e. The molecule has 0 aromatic carbocycles. The zero-order valence-electron chi connectivity index (χ0n) is 7.48. The van der Waals surface area contributed by atoms with Crippen molar-refractivity contribution in [3.63, 3.8) is 0 Å². The van der Waals surface area contributed by atoms with E-state index >= 15 is 0 Å². The van der Waals surface area contributed by atoms with E-state index in [-0.39, 0.29) is 5.56 Å². The molecule has 0 aliphatic heterocycles. The third kappa shape index (κ3) is 1.67. The van der Waals surface area contributed by atoms with E-state index in [1.165, 1.54) is 0 Å². The first-order valence-electron chi connectivity index (χ1n) is 4.13. The number of nitrogen functional groups attached to an aromatic ring is 1. The minimum atomic E-state index is -0.168. The summed E-state index contributed by atoms with van der Waals surface area (Å²) in [5, 5.41) is 0. The minimum absolute atomic E-state index is 0.168. The van der Waals surface area contributed by atoms with Gasteiger partial charge in [-0.25, -0.2) is 0 Å². The SMILES string of the molecule is CCCc1cc(C)[nH]c(=O)c1N. The highest BCUT2D eigenvalue weighted by atomic mass is 16.1. The van der Waals surface area contributed by atoms with Gasteiger partial charge in [0.25, 0.3) is 5.56 Å². The zero-order valence-corrected chi connectivity index (χ0v) is 7.48. The Morgan fingerprint density at radius 2 is 2.25 bits per heavy atom. The maximum atomic E-state index is 11.2. The predicted molar refractivity (Wildman–Crippen MR) is 50.2 cm³/mol. The summed E-state index contributed by atoms with van der Waals surface area (Å²) in [4.78, 5) is 13.8.